The fourth-order valence-corrected chi connectivity index (χ4v) is 3.15. The first-order chi connectivity index (χ1) is 8.22. The van der Waals surface area contributed by atoms with Crippen LogP contribution in [0.2, 0.25) is 0 Å². The first-order valence-corrected chi connectivity index (χ1v) is 6.70. The number of hydrogen-bond acceptors (Lipinski definition) is 3. The highest BCUT2D eigenvalue weighted by Crippen LogP contribution is 2.22. The summed E-state index contributed by atoms with van der Waals surface area (Å²) in [5, 5.41) is 0. The molecule has 2 aliphatic rings. The minimum Gasteiger partial charge on any atom is -0.330 e. The van der Waals surface area contributed by atoms with Crippen LogP contribution >= 0.6 is 0 Å². The minimum absolute atomic E-state index is 0.321. The molecule has 2 aliphatic heterocycles. The van der Waals surface area contributed by atoms with Crippen molar-refractivity contribution in [2.24, 2.45) is 11.7 Å². The van der Waals surface area contributed by atoms with Gasteiger partial charge in [-0.1, -0.05) is 0 Å². The molecule has 94 valence electrons. The van der Waals surface area contributed by atoms with Crippen LogP contribution in [0.4, 0.5) is 0 Å². The number of likely N-dealkylation sites (tertiary alicyclic amines) is 1. The molecule has 3 rings (SSSR count). The Labute approximate surface area is 103 Å². The molecule has 4 nitrogen and oxygen atoms in total. The van der Waals surface area contributed by atoms with E-state index < -0.39 is 0 Å². The van der Waals surface area contributed by atoms with E-state index in [0.29, 0.717) is 6.04 Å². The normalized spacial score (nSPS) is 29.5. The molecule has 17 heavy (non-hydrogen) atoms. The average Bonchev–Trinajstić information content (AvgIpc) is 2.87. The van der Waals surface area contributed by atoms with Gasteiger partial charge in [0.05, 0.1) is 0 Å². The number of rotatable bonds is 2. The van der Waals surface area contributed by atoms with Crippen molar-refractivity contribution in [2.45, 2.75) is 38.3 Å². The smallest absolute Gasteiger partial charge is 0.109 e. The van der Waals surface area contributed by atoms with Crippen LogP contribution in [0.25, 0.3) is 0 Å². The van der Waals surface area contributed by atoms with Gasteiger partial charge in [0.1, 0.15) is 5.82 Å². The van der Waals surface area contributed by atoms with Crippen molar-refractivity contribution in [3.8, 4) is 0 Å². The van der Waals surface area contributed by atoms with Crippen molar-refractivity contribution in [1.82, 2.24) is 14.5 Å². The molecule has 4 heteroatoms. The molecule has 2 unspecified atom stereocenters. The zero-order chi connectivity index (χ0) is 11.8. The molecule has 0 amide bonds. The Morgan fingerprint density at radius 1 is 1.41 bits per heavy atom. The van der Waals surface area contributed by atoms with Crippen molar-refractivity contribution < 1.29 is 0 Å². The Bertz CT molecular complexity index is 398. The van der Waals surface area contributed by atoms with Crippen LogP contribution in [0.1, 0.15) is 24.4 Å². The molecule has 0 radical (unpaired) electrons. The van der Waals surface area contributed by atoms with Crippen LogP contribution in [0.3, 0.4) is 0 Å². The van der Waals surface area contributed by atoms with E-state index in [9.17, 15) is 0 Å². The summed E-state index contributed by atoms with van der Waals surface area (Å²) in [6, 6.07) is 0.321. The lowest BCUT2D eigenvalue weighted by atomic mass is 10.0. The SMILES string of the molecule is CN1CCC(Cc2ncc3n2CC(N)CC3)C1. The van der Waals surface area contributed by atoms with E-state index in [-0.39, 0.29) is 0 Å². The van der Waals surface area contributed by atoms with E-state index in [4.69, 9.17) is 5.73 Å². The average molecular weight is 234 g/mol. The Kier molecular flexibility index (Phi) is 2.92. The zero-order valence-corrected chi connectivity index (χ0v) is 10.6. The van der Waals surface area contributed by atoms with Crippen molar-refractivity contribution >= 4 is 0 Å². The maximum atomic E-state index is 6.05. The standard InChI is InChI=1S/C13H22N4/c1-16-5-4-10(8-16)6-13-15-7-12-3-2-11(14)9-17(12)13/h7,10-11H,2-6,8-9,14H2,1H3. The van der Waals surface area contributed by atoms with Gasteiger partial charge in [-0.15, -0.1) is 0 Å². The van der Waals surface area contributed by atoms with Crippen LogP contribution in [-0.4, -0.2) is 40.6 Å². The second-order valence-corrected chi connectivity index (χ2v) is 5.70. The summed E-state index contributed by atoms with van der Waals surface area (Å²) in [5.41, 5.74) is 7.43. The van der Waals surface area contributed by atoms with Crippen molar-refractivity contribution in [3.05, 3.63) is 17.7 Å². The second kappa shape index (κ2) is 4.42. The Balaban J connectivity index is 1.73. The fraction of sp³-hybridized carbons (Fsp3) is 0.769. The molecule has 3 heterocycles. The second-order valence-electron chi connectivity index (χ2n) is 5.70. The third-order valence-corrected chi connectivity index (χ3v) is 4.17. The van der Waals surface area contributed by atoms with Crippen LogP contribution in [0, 0.1) is 5.92 Å². The number of imidazole rings is 1. The Morgan fingerprint density at radius 2 is 2.29 bits per heavy atom. The molecule has 1 aromatic heterocycles. The maximum Gasteiger partial charge on any atom is 0.109 e. The van der Waals surface area contributed by atoms with E-state index in [1.54, 1.807) is 0 Å². The molecule has 2 atom stereocenters. The monoisotopic (exact) mass is 234 g/mol. The minimum atomic E-state index is 0.321. The molecular weight excluding hydrogens is 212 g/mol. The number of nitrogens with zero attached hydrogens (tertiary/aromatic N) is 3. The number of aromatic nitrogens is 2. The van der Waals surface area contributed by atoms with E-state index in [1.807, 2.05) is 0 Å². The maximum absolute atomic E-state index is 6.05. The van der Waals surface area contributed by atoms with Gasteiger partial charge in [-0.25, -0.2) is 4.98 Å². The van der Waals surface area contributed by atoms with E-state index >= 15 is 0 Å². The molecule has 2 N–H and O–H groups in total. The van der Waals surface area contributed by atoms with Crippen LogP contribution in [-0.2, 0) is 19.4 Å². The summed E-state index contributed by atoms with van der Waals surface area (Å²) < 4.78 is 2.37. The van der Waals surface area contributed by atoms with E-state index in [2.05, 4.69) is 27.7 Å². The Hall–Kier alpha value is -0.870. The molecule has 1 aromatic rings. The molecule has 0 aliphatic carbocycles. The quantitative estimate of drug-likeness (QED) is 0.817. The van der Waals surface area contributed by atoms with Gasteiger partial charge in [-0.05, 0) is 38.8 Å². The summed E-state index contributed by atoms with van der Waals surface area (Å²) in [6.45, 7) is 3.42. The summed E-state index contributed by atoms with van der Waals surface area (Å²) in [4.78, 5) is 7.02. The first-order valence-electron chi connectivity index (χ1n) is 6.70. The summed E-state index contributed by atoms with van der Waals surface area (Å²) >= 11 is 0. The van der Waals surface area contributed by atoms with Crippen molar-refractivity contribution in [1.29, 1.82) is 0 Å². The molecule has 0 bridgehead atoms. The van der Waals surface area contributed by atoms with Gasteiger partial charge in [0.2, 0.25) is 0 Å². The number of nitrogens with two attached hydrogens (primary N) is 1. The van der Waals surface area contributed by atoms with Crippen LogP contribution < -0.4 is 5.73 Å². The van der Waals surface area contributed by atoms with Gasteiger partial charge in [-0.2, -0.15) is 0 Å². The van der Waals surface area contributed by atoms with Gasteiger partial charge in [0.25, 0.3) is 0 Å². The van der Waals surface area contributed by atoms with Gasteiger partial charge in [0, 0.05) is 37.4 Å². The molecule has 1 fully saturated rings. The molecule has 1 saturated heterocycles. The van der Waals surface area contributed by atoms with Crippen molar-refractivity contribution in [2.75, 3.05) is 20.1 Å². The molecular formula is C13H22N4. The molecule has 0 saturated carbocycles. The predicted octanol–water partition coefficient (Wildman–Crippen LogP) is 0.651. The topological polar surface area (TPSA) is 47.1 Å². The summed E-state index contributed by atoms with van der Waals surface area (Å²) in [5.74, 6) is 2.04. The summed E-state index contributed by atoms with van der Waals surface area (Å²) in [7, 11) is 2.21. The fourth-order valence-electron chi connectivity index (χ4n) is 3.15. The van der Waals surface area contributed by atoms with Gasteiger partial charge < -0.3 is 15.2 Å². The molecule has 0 spiro atoms. The molecule has 0 aromatic carbocycles. The van der Waals surface area contributed by atoms with E-state index in [1.165, 1.54) is 31.0 Å². The third kappa shape index (κ3) is 2.24. The highest BCUT2D eigenvalue weighted by atomic mass is 15.1. The van der Waals surface area contributed by atoms with Crippen LogP contribution in [0.15, 0.2) is 6.20 Å². The first kappa shape index (κ1) is 11.2. The predicted molar refractivity (Wildman–Crippen MR) is 67.8 cm³/mol. The van der Waals surface area contributed by atoms with E-state index in [0.717, 1.165) is 31.7 Å². The lowest BCUT2D eigenvalue weighted by Gasteiger charge is -2.23. The number of aryl methyl sites for hydroxylation is 1. The largest absolute Gasteiger partial charge is 0.330 e. The van der Waals surface area contributed by atoms with Gasteiger partial charge >= 0.3 is 0 Å². The van der Waals surface area contributed by atoms with Crippen molar-refractivity contribution in [3.63, 3.8) is 0 Å². The highest BCUT2D eigenvalue weighted by Gasteiger charge is 2.24. The van der Waals surface area contributed by atoms with Gasteiger partial charge in [-0.3, -0.25) is 0 Å². The Morgan fingerprint density at radius 3 is 3.06 bits per heavy atom. The third-order valence-electron chi connectivity index (χ3n) is 4.17. The van der Waals surface area contributed by atoms with Crippen LogP contribution in [0.5, 0.6) is 0 Å². The lowest BCUT2D eigenvalue weighted by molar-refractivity contribution is 0.386. The zero-order valence-electron chi connectivity index (χ0n) is 10.6. The number of hydrogen-bond donors (Lipinski definition) is 1. The summed E-state index contributed by atoms with van der Waals surface area (Å²) in [6.07, 6.45) is 6.69. The highest BCUT2D eigenvalue weighted by molar-refractivity contribution is 5.10. The van der Waals surface area contributed by atoms with Gasteiger partial charge in [0.15, 0.2) is 0 Å². The number of fused-ring (bicyclic) bond motifs is 1. The lowest BCUT2D eigenvalue weighted by Crippen LogP contribution is -2.32.